The van der Waals surface area contributed by atoms with Crippen LogP contribution in [0.5, 0.6) is 0 Å². The van der Waals surface area contributed by atoms with Crippen LogP contribution in [0.2, 0.25) is 0 Å². The van der Waals surface area contributed by atoms with Crippen LogP contribution in [0, 0.1) is 6.92 Å². The van der Waals surface area contributed by atoms with E-state index >= 15 is 0 Å². The Morgan fingerprint density at radius 3 is 2.92 bits per heavy atom. The van der Waals surface area contributed by atoms with E-state index in [1.54, 1.807) is 25.4 Å². The average molecular weight is 362 g/mol. The molecule has 3 aromatic heterocycles. The SMILES string of the molecule is Cc1noc2ncc(S(=O)(=O)N3CCN(C)[C@@H](c4ncc[nH]4)C3)cc12. The molecule has 0 radical (unpaired) electrons. The maximum Gasteiger partial charge on any atom is 0.257 e. The third-order valence-electron chi connectivity index (χ3n) is 4.57. The lowest BCUT2D eigenvalue weighted by molar-refractivity contribution is 0.142. The number of imidazole rings is 1. The van der Waals surface area contributed by atoms with Gasteiger partial charge in [-0.25, -0.2) is 18.4 Å². The second kappa shape index (κ2) is 5.90. The molecule has 1 fully saturated rings. The lowest BCUT2D eigenvalue weighted by atomic mass is 10.2. The predicted molar refractivity (Wildman–Crippen MR) is 89.3 cm³/mol. The van der Waals surface area contributed by atoms with Crippen LogP contribution in [-0.4, -0.2) is 64.4 Å². The van der Waals surface area contributed by atoms with Gasteiger partial charge in [0.25, 0.3) is 5.71 Å². The van der Waals surface area contributed by atoms with Crippen LogP contribution in [0.25, 0.3) is 11.1 Å². The van der Waals surface area contributed by atoms with E-state index in [-0.39, 0.29) is 10.9 Å². The first kappa shape index (κ1) is 16.2. The summed E-state index contributed by atoms with van der Waals surface area (Å²) in [5.41, 5.74) is 0.953. The zero-order chi connectivity index (χ0) is 17.6. The standard InChI is InChI=1S/C15H18N6O3S/c1-10-12-7-11(8-18-15(12)24-19-10)25(22,23)21-6-5-20(2)13(9-21)14-16-3-4-17-14/h3-4,7-8,13H,5-6,9H2,1-2H3,(H,16,17)/t13-/m1/s1. The van der Waals surface area contributed by atoms with E-state index in [1.165, 1.54) is 10.5 Å². The number of H-pyrrole nitrogens is 1. The molecule has 0 aromatic carbocycles. The molecular formula is C15H18N6O3S. The van der Waals surface area contributed by atoms with E-state index in [0.717, 1.165) is 5.82 Å². The zero-order valence-corrected chi connectivity index (χ0v) is 14.7. The highest BCUT2D eigenvalue weighted by Crippen LogP contribution is 2.27. The smallest absolute Gasteiger partial charge is 0.257 e. The van der Waals surface area contributed by atoms with Gasteiger partial charge in [-0.15, -0.1) is 0 Å². The number of piperazine rings is 1. The summed E-state index contributed by atoms with van der Waals surface area (Å²) in [4.78, 5) is 13.7. The van der Waals surface area contributed by atoms with Crippen LogP contribution in [0.1, 0.15) is 17.6 Å². The molecule has 3 aromatic rings. The molecule has 9 nitrogen and oxygen atoms in total. The second-order valence-electron chi connectivity index (χ2n) is 6.13. The van der Waals surface area contributed by atoms with E-state index in [4.69, 9.17) is 4.52 Å². The number of aryl methyl sites for hydroxylation is 1. The van der Waals surface area contributed by atoms with Crippen LogP contribution in [0.4, 0.5) is 0 Å². The zero-order valence-electron chi connectivity index (χ0n) is 13.9. The highest BCUT2D eigenvalue weighted by molar-refractivity contribution is 7.89. The van der Waals surface area contributed by atoms with Gasteiger partial charge in [-0.2, -0.15) is 4.31 Å². The molecule has 0 aliphatic carbocycles. The Morgan fingerprint density at radius 2 is 2.16 bits per heavy atom. The number of fused-ring (bicyclic) bond motifs is 1. The summed E-state index contributed by atoms with van der Waals surface area (Å²) in [5, 5.41) is 4.43. The highest BCUT2D eigenvalue weighted by Gasteiger charge is 2.35. The minimum absolute atomic E-state index is 0.118. The first-order chi connectivity index (χ1) is 12.0. The Kier molecular flexibility index (Phi) is 3.82. The molecule has 4 rings (SSSR count). The van der Waals surface area contributed by atoms with Gasteiger partial charge in [-0.1, -0.05) is 5.16 Å². The predicted octanol–water partition coefficient (Wildman–Crippen LogP) is 0.932. The molecule has 1 aliphatic rings. The topological polar surface area (TPSA) is 108 Å². The summed E-state index contributed by atoms with van der Waals surface area (Å²) >= 11 is 0. The number of sulfonamides is 1. The molecular weight excluding hydrogens is 344 g/mol. The first-order valence-electron chi connectivity index (χ1n) is 7.88. The van der Waals surface area contributed by atoms with Crippen molar-refractivity contribution in [1.29, 1.82) is 0 Å². The van der Waals surface area contributed by atoms with E-state index in [1.807, 2.05) is 7.05 Å². The average Bonchev–Trinajstić information content (AvgIpc) is 3.25. The van der Waals surface area contributed by atoms with Crippen molar-refractivity contribution in [3.8, 4) is 0 Å². The summed E-state index contributed by atoms with van der Waals surface area (Å²) in [5.74, 6) is 0.755. The molecule has 132 valence electrons. The van der Waals surface area contributed by atoms with Crippen molar-refractivity contribution in [2.45, 2.75) is 17.9 Å². The summed E-state index contributed by atoms with van der Waals surface area (Å²) in [7, 11) is -1.70. The van der Waals surface area contributed by atoms with Gasteiger partial charge in [0.05, 0.1) is 23.3 Å². The number of likely N-dealkylation sites (N-methyl/N-ethyl adjacent to an activating group) is 1. The lowest BCUT2D eigenvalue weighted by Gasteiger charge is -2.37. The van der Waals surface area contributed by atoms with E-state index in [2.05, 4.69) is 25.0 Å². The monoisotopic (exact) mass is 362 g/mol. The Bertz CT molecular complexity index is 998. The normalized spacial score (nSPS) is 20.3. The van der Waals surface area contributed by atoms with Crippen molar-refractivity contribution in [2.24, 2.45) is 0 Å². The third kappa shape index (κ3) is 2.71. The number of aromatic amines is 1. The van der Waals surface area contributed by atoms with Gasteiger partial charge in [-0.05, 0) is 20.0 Å². The fourth-order valence-electron chi connectivity index (χ4n) is 3.04. The molecule has 1 N–H and O–H groups in total. The number of pyridine rings is 1. The van der Waals surface area contributed by atoms with Gasteiger partial charge in [0.15, 0.2) is 0 Å². The maximum atomic E-state index is 13.1. The van der Waals surface area contributed by atoms with Gasteiger partial charge in [0.1, 0.15) is 10.7 Å². The molecule has 0 amide bonds. The minimum Gasteiger partial charge on any atom is -0.347 e. The van der Waals surface area contributed by atoms with Crippen molar-refractivity contribution in [3.05, 3.63) is 36.2 Å². The molecule has 0 saturated carbocycles. The van der Waals surface area contributed by atoms with Gasteiger partial charge >= 0.3 is 0 Å². The fourth-order valence-corrected chi connectivity index (χ4v) is 4.45. The van der Waals surface area contributed by atoms with Crippen molar-refractivity contribution >= 4 is 21.1 Å². The molecule has 25 heavy (non-hydrogen) atoms. The maximum absolute atomic E-state index is 13.1. The highest BCUT2D eigenvalue weighted by atomic mass is 32.2. The van der Waals surface area contributed by atoms with Crippen molar-refractivity contribution in [3.63, 3.8) is 0 Å². The largest absolute Gasteiger partial charge is 0.347 e. The van der Waals surface area contributed by atoms with E-state index < -0.39 is 10.0 Å². The van der Waals surface area contributed by atoms with Gasteiger partial charge in [-0.3, -0.25) is 4.90 Å². The van der Waals surface area contributed by atoms with Crippen LogP contribution in [0.15, 0.2) is 34.1 Å². The molecule has 4 heterocycles. The van der Waals surface area contributed by atoms with E-state index in [0.29, 0.717) is 36.4 Å². The van der Waals surface area contributed by atoms with Crippen molar-refractivity contribution in [2.75, 3.05) is 26.7 Å². The summed E-state index contributed by atoms with van der Waals surface area (Å²) in [6.07, 6.45) is 4.73. The van der Waals surface area contributed by atoms with Crippen LogP contribution < -0.4 is 0 Å². The van der Waals surface area contributed by atoms with Gasteiger partial charge < -0.3 is 9.51 Å². The number of hydrogen-bond donors (Lipinski definition) is 1. The lowest BCUT2D eigenvalue weighted by Crippen LogP contribution is -2.49. The summed E-state index contributed by atoms with van der Waals surface area (Å²) < 4.78 is 32.7. The number of hydrogen-bond acceptors (Lipinski definition) is 7. The Labute approximate surface area is 144 Å². The molecule has 1 saturated heterocycles. The van der Waals surface area contributed by atoms with Gasteiger partial charge in [0, 0.05) is 32.0 Å². The van der Waals surface area contributed by atoms with Gasteiger partial charge in [0.2, 0.25) is 10.0 Å². The number of nitrogens with zero attached hydrogens (tertiary/aromatic N) is 5. The van der Waals surface area contributed by atoms with Crippen molar-refractivity contribution < 1.29 is 12.9 Å². The third-order valence-corrected chi connectivity index (χ3v) is 6.40. The fraction of sp³-hybridized carbons (Fsp3) is 0.400. The van der Waals surface area contributed by atoms with Crippen LogP contribution >= 0.6 is 0 Å². The molecule has 10 heteroatoms. The minimum atomic E-state index is -3.66. The Morgan fingerprint density at radius 1 is 1.32 bits per heavy atom. The second-order valence-corrected chi connectivity index (χ2v) is 8.06. The molecule has 1 aliphatic heterocycles. The summed E-state index contributed by atoms with van der Waals surface area (Å²) in [6.45, 7) is 3.11. The molecule has 0 unspecified atom stereocenters. The quantitative estimate of drug-likeness (QED) is 0.738. The van der Waals surface area contributed by atoms with E-state index in [9.17, 15) is 8.42 Å². The Balaban J connectivity index is 1.67. The molecule has 1 atom stereocenters. The van der Waals surface area contributed by atoms with Crippen LogP contribution in [0.3, 0.4) is 0 Å². The molecule has 0 bridgehead atoms. The molecule has 0 spiro atoms. The first-order valence-corrected chi connectivity index (χ1v) is 9.32. The number of aromatic nitrogens is 4. The number of nitrogens with one attached hydrogen (secondary N) is 1. The summed E-state index contributed by atoms with van der Waals surface area (Å²) in [6, 6.07) is 1.46. The Hall–Kier alpha value is -2.30. The van der Waals surface area contributed by atoms with Crippen molar-refractivity contribution in [1.82, 2.24) is 29.3 Å². The number of rotatable bonds is 3. The van der Waals surface area contributed by atoms with Crippen LogP contribution in [-0.2, 0) is 10.0 Å².